The van der Waals surface area contributed by atoms with E-state index in [2.05, 4.69) is 26.1 Å². The van der Waals surface area contributed by atoms with E-state index in [4.69, 9.17) is 0 Å². The Hall–Kier alpha value is -0.680. The van der Waals surface area contributed by atoms with E-state index in [9.17, 15) is 4.79 Å². The summed E-state index contributed by atoms with van der Waals surface area (Å²) in [6.07, 6.45) is 2.38. The van der Waals surface area contributed by atoms with E-state index < -0.39 is 0 Å². The highest BCUT2D eigenvalue weighted by molar-refractivity contribution is 9.10. The number of thiophene rings is 1. The van der Waals surface area contributed by atoms with Gasteiger partial charge in [0.2, 0.25) is 0 Å². The highest BCUT2D eigenvalue weighted by Gasteiger charge is 2.28. The summed E-state index contributed by atoms with van der Waals surface area (Å²) in [4.78, 5) is 11.5. The van der Waals surface area contributed by atoms with Crippen LogP contribution in [-0.4, -0.2) is 10.2 Å². The van der Waals surface area contributed by atoms with Crippen LogP contribution < -0.4 is 5.56 Å². The van der Waals surface area contributed by atoms with E-state index >= 15 is 0 Å². The molecule has 1 N–H and O–H groups in total. The second-order valence-electron chi connectivity index (χ2n) is 3.50. The molecule has 0 amide bonds. The van der Waals surface area contributed by atoms with E-state index in [1.54, 1.807) is 0 Å². The smallest absolute Gasteiger partial charge is 0.266 e. The van der Waals surface area contributed by atoms with Crippen LogP contribution in [0.2, 0.25) is 0 Å². The summed E-state index contributed by atoms with van der Waals surface area (Å²) in [5.74, 6) is 0.556. The van der Waals surface area contributed by atoms with Gasteiger partial charge in [-0.15, -0.1) is 11.3 Å². The number of H-pyrrole nitrogens is 1. The van der Waals surface area contributed by atoms with E-state index in [1.807, 2.05) is 5.38 Å². The number of fused-ring (bicyclic) bond motifs is 1. The molecule has 0 aromatic carbocycles. The zero-order valence-electron chi connectivity index (χ0n) is 7.21. The van der Waals surface area contributed by atoms with Gasteiger partial charge in [0.15, 0.2) is 0 Å². The van der Waals surface area contributed by atoms with Crippen molar-refractivity contribution in [2.24, 2.45) is 0 Å². The van der Waals surface area contributed by atoms with Gasteiger partial charge in [0.1, 0.15) is 4.70 Å². The number of halogens is 1. The van der Waals surface area contributed by atoms with Gasteiger partial charge in [0, 0.05) is 21.2 Å². The molecule has 14 heavy (non-hydrogen) atoms. The van der Waals surface area contributed by atoms with Gasteiger partial charge >= 0.3 is 0 Å². The largest absolute Gasteiger partial charge is 0.282 e. The fourth-order valence-corrected chi connectivity index (χ4v) is 3.25. The molecule has 72 valence electrons. The lowest BCUT2D eigenvalue weighted by molar-refractivity contribution is 0.913. The van der Waals surface area contributed by atoms with Crippen molar-refractivity contribution in [1.29, 1.82) is 0 Å². The van der Waals surface area contributed by atoms with Crippen molar-refractivity contribution in [3.63, 3.8) is 0 Å². The molecule has 0 bridgehead atoms. The van der Waals surface area contributed by atoms with Gasteiger partial charge in [0.05, 0.1) is 5.69 Å². The highest BCUT2D eigenvalue weighted by Crippen LogP contribution is 2.43. The number of rotatable bonds is 1. The predicted molar refractivity (Wildman–Crippen MR) is 59.9 cm³/mol. The number of nitrogens with zero attached hydrogens (tertiary/aromatic N) is 1. The van der Waals surface area contributed by atoms with Gasteiger partial charge in [-0.2, -0.15) is 5.10 Å². The van der Waals surface area contributed by atoms with Crippen molar-refractivity contribution in [2.75, 3.05) is 0 Å². The minimum Gasteiger partial charge on any atom is -0.266 e. The molecule has 2 aromatic heterocycles. The third kappa shape index (κ3) is 1.15. The van der Waals surface area contributed by atoms with Gasteiger partial charge in [-0.05, 0) is 28.8 Å². The molecule has 0 spiro atoms. The Balaban J connectivity index is 2.44. The van der Waals surface area contributed by atoms with Crippen LogP contribution in [-0.2, 0) is 0 Å². The lowest BCUT2D eigenvalue weighted by atomic mass is 10.2. The van der Waals surface area contributed by atoms with E-state index in [0.29, 0.717) is 5.92 Å². The van der Waals surface area contributed by atoms with E-state index in [0.717, 1.165) is 20.3 Å². The molecule has 0 saturated heterocycles. The Morgan fingerprint density at radius 1 is 1.57 bits per heavy atom. The molecule has 0 unspecified atom stereocenters. The van der Waals surface area contributed by atoms with Crippen LogP contribution in [0, 0.1) is 0 Å². The third-order valence-electron chi connectivity index (χ3n) is 2.45. The van der Waals surface area contributed by atoms with Crippen LogP contribution in [0.25, 0.3) is 10.1 Å². The van der Waals surface area contributed by atoms with Crippen molar-refractivity contribution in [3.05, 3.63) is 25.9 Å². The summed E-state index contributed by atoms with van der Waals surface area (Å²) in [6.45, 7) is 0. The van der Waals surface area contributed by atoms with Crippen LogP contribution in [0.1, 0.15) is 24.5 Å². The summed E-state index contributed by atoms with van der Waals surface area (Å²) in [6, 6.07) is 0. The minimum atomic E-state index is -0.0832. The first-order valence-electron chi connectivity index (χ1n) is 4.42. The molecule has 5 heteroatoms. The molecule has 3 nitrogen and oxygen atoms in total. The van der Waals surface area contributed by atoms with Crippen LogP contribution in [0.4, 0.5) is 0 Å². The maximum absolute atomic E-state index is 11.5. The first-order chi connectivity index (χ1) is 6.77. The number of nitrogens with one attached hydrogen (secondary N) is 1. The summed E-state index contributed by atoms with van der Waals surface area (Å²) in [5, 5.41) is 9.67. The fourth-order valence-electron chi connectivity index (χ4n) is 1.61. The van der Waals surface area contributed by atoms with Gasteiger partial charge < -0.3 is 0 Å². The van der Waals surface area contributed by atoms with Crippen molar-refractivity contribution in [2.45, 2.75) is 18.8 Å². The average Bonchev–Trinajstić information content (AvgIpc) is 2.93. The molecule has 1 fully saturated rings. The lowest BCUT2D eigenvalue weighted by Gasteiger charge is -1.98. The Morgan fingerprint density at radius 2 is 2.36 bits per heavy atom. The summed E-state index contributed by atoms with van der Waals surface area (Å²) in [7, 11) is 0. The number of aromatic amines is 1. The zero-order chi connectivity index (χ0) is 9.71. The van der Waals surface area contributed by atoms with Crippen molar-refractivity contribution < 1.29 is 0 Å². The fraction of sp³-hybridized carbons (Fsp3) is 0.333. The van der Waals surface area contributed by atoms with Crippen molar-refractivity contribution in [3.8, 4) is 0 Å². The normalized spacial score (nSPS) is 16.4. The molecular formula is C9H7BrN2OS. The van der Waals surface area contributed by atoms with Gasteiger partial charge in [-0.25, -0.2) is 5.10 Å². The molecule has 1 saturated carbocycles. The second kappa shape index (κ2) is 2.90. The molecule has 1 aliphatic rings. The first kappa shape index (κ1) is 8.61. The third-order valence-corrected chi connectivity index (χ3v) is 4.36. The Bertz CT molecular complexity index is 555. The van der Waals surface area contributed by atoms with Gasteiger partial charge in [-0.1, -0.05) is 0 Å². The molecule has 0 atom stereocenters. The SMILES string of the molecule is O=c1[nH]nc(C2CC2)c2c(Br)csc12. The van der Waals surface area contributed by atoms with Gasteiger partial charge in [-0.3, -0.25) is 4.79 Å². The van der Waals surface area contributed by atoms with Crippen molar-refractivity contribution >= 4 is 37.4 Å². The highest BCUT2D eigenvalue weighted by atomic mass is 79.9. The number of hydrogen-bond acceptors (Lipinski definition) is 3. The van der Waals surface area contributed by atoms with Crippen molar-refractivity contribution in [1.82, 2.24) is 10.2 Å². The zero-order valence-corrected chi connectivity index (χ0v) is 9.61. The van der Waals surface area contributed by atoms with Crippen LogP contribution in [0.15, 0.2) is 14.6 Å². The Kier molecular flexibility index (Phi) is 1.79. The minimum absolute atomic E-state index is 0.0832. The average molecular weight is 271 g/mol. The lowest BCUT2D eigenvalue weighted by Crippen LogP contribution is -2.08. The maximum Gasteiger partial charge on any atom is 0.282 e. The second-order valence-corrected chi connectivity index (χ2v) is 5.23. The molecule has 0 aliphatic heterocycles. The molecule has 3 rings (SSSR count). The standard InChI is InChI=1S/C9H7BrN2OS/c10-5-3-14-8-6(5)7(4-1-2-4)11-12-9(8)13/h3-4H,1-2H2,(H,12,13). The molecule has 0 radical (unpaired) electrons. The molecule has 2 heterocycles. The van der Waals surface area contributed by atoms with Crippen LogP contribution in [0.3, 0.4) is 0 Å². The topological polar surface area (TPSA) is 45.8 Å². The van der Waals surface area contributed by atoms with E-state index in [1.165, 1.54) is 24.2 Å². The first-order valence-corrected chi connectivity index (χ1v) is 6.10. The maximum atomic E-state index is 11.5. The number of aromatic nitrogens is 2. The number of hydrogen-bond donors (Lipinski definition) is 1. The van der Waals surface area contributed by atoms with Crippen LogP contribution in [0.5, 0.6) is 0 Å². The van der Waals surface area contributed by atoms with Crippen LogP contribution >= 0.6 is 27.3 Å². The summed E-state index contributed by atoms with van der Waals surface area (Å²) < 4.78 is 1.78. The molecule has 2 aromatic rings. The van der Waals surface area contributed by atoms with Gasteiger partial charge in [0.25, 0.3) is 5.56 Å². The molecule has 1 aliphatic carbocycles. The van der Waals surface area contributed by atoms with E-state index in [-0.39, 0.29) is 5.56 Å². The molecular weight excluding hydrogens is 264 g/mol. The quantitative estimate of drug-likeness (QED) is 0.866. The summed E-state index contributed by atoms with van der Waals surface area (Å²) in [5.41, 5.74) is 0.966. The monoisotopic (exact) mass is 270 g/mol. The predicted octanol–water partition coefficient (Wildman–Crippen LogP) is 2.62. The Labute approximate surface area is 92.3 Å². The summed E-state index contributed by atoms with van der Waals surface area (Å²) >= 11 is 4.93. The Morgan fingerprint density at radius 3 is 3.07 bits per heavy atom.